The fourth-order valence-electron chi connectivity index (χ4n) is 3.41. The molecular formula is C24H29N. The van der Waals surface area contributed by atoms with Crippen molar-refractivity contribution in [3.8, 4) is 0 Å². The van der Waals surface area contributed by atoms with Crippen LogP contribution in [0.25, 0.3) is 10.8 Å². The van der Waals surface area contributed by atoms with Crippen LogP contribution in [-0.2, 0) is 0 Å². The second-order valence-corrected chi connectivity index (χ2v) is 6.79. The first-order chi connectivity index (χ1) is 12.4. The lowest BCUT2D eigenvalue weighted by molar-refractivity contribution is 0.609. The van der Waals surface area contributed by atoms with Gasteiger partial charge in [0.2, 0.25) is 0 Å². The van der Waals surface area contributed by atoms with Crippen LogP contribution >= 0.6 is 0 Å². The second-order valence-electron chi connectivity index (χ2n) is 6.79. The van der Waals surface area contributed by atoms with Gasteiger partial charge in [0.1, 0.15) is 0 Å². The van der Waals surface area contributed by atoms with Gasteiger partial charge in [0.05, 0.1) is 0 Å². The molecule has 0 aliphatic rings. The van der Waals surface area contributed by atoms with Crippen LogP contribution in [0.3, 0.4) is 0 Å². The molecular weight excluding hydrogens is 302 g/mol. The van der Waals surface area contributed by atoms with E-state index in [-0.39, 0.29) is 0 Å². The van der Waals surface area contributed by atoms with Crippen molar-refractivity contribution in [3.05, 3.63) is 72.8 Å². The van der Waals surface area contributed by atoms with Gasteiger partial charge in [-0.2, -0.15) is 0 Å². The zero-order valence-corrected chi connectivity index (χ0v) is 15.3. The number of rotatable bonds is 9. The van der Waals surface area contributed by atoms with Gasteiger partial charge in [-0.15, -0.1) is 0 Å². The molecule has 3 aromatic rings. The summed E-state index contributed by atoms with van der Waals surface area (Å²) in [6.07, 6.45) is 7.97. The third-order valence-corrected chi connectivity index (χ3v) is 4.85. The Kier molecular flexibility index (Phi) is 6.50. The third-order valence-electron chi connectivity index (χ3n) is 4.85. The Morgan fingerprint density at radius 1 is 0.600 bits per heavy atom. The van der Waals surface area contributed by atoms with E-state index in [1.165, 1.54) is 60.7 Å². The van der Waals surface area contributed by atoms with Gasteiger partial charge in [0.15, 0.2) is 0 Å². The number of fused-ring (bicyclic) bond motifs is 1. The molecule has 0 saturated carbocycles. The number of nitrogens with zero attached hydrogens (tertiary/aromatic N) is 1. The molecule has 0 N–H and O–H groups in total. The first kappa shape index (κ1) is 17.5. The average Bonchev–Trinajstić information content (AvgIpc) is 2.68. The molecule has 0 atom stereocenters. The maximum absolute atomic E-state index is 2.46. The van der Waals surface area contributed by atoms with Gasteiger partial charge in [0.25, 0.3) is 0 Å². The van der Waals surface area contributed by atoms with Gasteiger partial charge in [0, 0.05) is 17.9 Å². The minimum atomic E-state index is 1.08. The van der Waals surface area contributed by atoms with Crippen LogP contribution in [0.5, 0.6) is 0 Å². The lowest BCUT2D eigenvalue weighted by Crippen LogP contribution is -2.18. The number of anilines is 2. The first-order valence-corrected chi connectivity index (χ1v) is 9.70. The predicted molar refractivity (Wildman–Crippen MR) is 111 cm³/mol. The third kappa shape index (κ3) is 4.85. The van der Waals surface area contributed by atoms with Crippen molar-refractivity contribution in [2.45, 2.75) is 45.4 Å². The molecule has 0 radical (unpaired) electrons. The highest BCUT2D eigenvalue weighted by atomic mass is 15.1. The molecule has 130 valence electrons. The molecule has 1 heteroatoms. The second kappa shape index (κ2) is 9.27. The maximum Gasteiger partial charge on any atom is 0.0417 e. The van der Waals surface area contributed by atoms with Crippen molar-refractivity contribution in [1.82, 2.24) is 0 Å². The Morgan fingerprint density at radius 2 is 1.28 bits per heavy atom. The fourth-order valence-corrected chi connectivity index (χ4v) is 3.41. The minimum Gasteiger partial charge on any atom is -0.341 e. The van der Waals surface area contributed by atoms with E-state index in [0.29, 0.717) is 0 Å². The summed E-state index contributed by atoms with van der Waals surface area (Å²) in [5.74, 6) is 0. The monoisotopic (exact) mass is 331 g/mol. The summed E-state index contributed by atoms with van der Waals surface area (Å²) in [6, 6.07) is 26.2. The van der Waals surface area contributed by atoms with E-state index in [0.717, 1.165) is 6.54 Å². The molecule has 0 aliphatic heterocycles. The maximum atomic E-state index is 2.46. The smallest absolute Gasteiger partial charge is 0.0417 e. The number of hydrogen-bond acceptors (Lipinski definition) is 1. The summed E-state index contributed by atoms with van der Waals surface area (Å²) in [4.78, 5) is 2.46. The molecule has 0 aromatic heterocycles. The Labute approximate surface area is 152 Å². The van der Waals surface area contributed by atoms with Gasteiger partial charge < -0.3 is 4.90 Å². The van der Waals surface area contributed by atoms with Crippen LogP contribution in [0.4, 0.5) is 11.4 Å². The topological polar surface area (TPSA) is 3.24 Å². The number of unbranched alkanes of at least 4 members (excludes halogenated alkanes) is 5. The quantitative estimate of drug-likeness (QED) is 0.371. The van der Waals surface area contributed by atoms with Crippen molar-refractivity contribution >= 4 is 22.1 Å². The van der Waals surface area contributed by atoms with E-state index in [1.54, 1.807) is 0 Å². The van der Waals surface area contributed by atoms with Gasteiger partial charge in [-0.25, -0.2) is 0 Å². The van der Waals surface area contributed by atoms with Crippen molar-refractivity contribution in [1.29, 1.82) is 0 Å². The molecule has 0 heterocycles. The molecule has 0 amide bonds. The standard InChI is InChI=1S/C24H29N/c1-2-3-4-5-6-12-19-25(23-15-8-7-9-16-23)24-18-17-21-13-10-11-14-22(21)20-24/h7-11,13-18,20H,2-6,12,19H2,1H3. The minimum absolute atomic E-state index is 1.08. The molecule has 0 saturated heterocycles. The summed E-state index contributed by atoms with van der Waals surface area (Å²) in [5, 5.41) is 2.61. The van der Waals surface area contributed by atoms with Crippen LogP contribution in [-0.4, -0.2) is 6.54 Å². The van der Waals surface area contributed by atoms with E-state index in [1.807, 2.05) is 0 Å². The molecule has 0 bridgehead atoms. The number of benzene rings is 3. The molecule has 25 heavy (non-hydrogen) atoms. The van der Waals surface area contributed by atoms with E-state index in [4.69, 9.17) is 0 Å². The van der Waals surface area contributed by atoms with E-state index < -0.39 is 0 Å². The molecule has 3 rings (SSSR count). The van der Waals surface area contributed by atoms with Crippen molar-refractivity contribution in [2.75, 3.05) is 11.4 Å². The van der Waals surface area contributed by atoms with Crippen molar-refractivity contribution in [2.24, 2.45) is 0 Å². The molecule has 3 aromatic carbocycles. The lowest BCUT2D eigenvalue weighted by atomic mass is 10.1. The van der Waals surface area contributed by atoms with Crippen molar-refractivity contribution < 1.29 is 0 Å². The fraction of sp³-hybridized carbons (Fsp3) is 0.333. The van der Waals surface area contributed by atoms with Crippen LogP contribution < -0.4 is 4.90 Å². The zero-order chi connectivity index (χ0) is 17.3. The highest BCUT2D eigenvalue weighted by Crippen LogP contribution is 2.29. The number of para-hydroxylation sites is 1. The largest absolute Gasteiger partial charge is 0.341 e. The Morgan fingerprint density at radius 3 is 2.08 bits per heavy atom. The molecule has 0 fully saturated rings. The summed E-state index contributed by atoms with van der Waals surface area (Å²) in [5.41, 5.74) is 2.57. The van der Waals surface area contributed by atoms with Crippen LogP contribution in [0, 0.1) is 0 Å². The van der Waals surface area contributed by atoms with Gasteiger partial charge in [-0.1, -0.05) is 87.6 Å². The van der Waals surface area contributed by atoms with Gasteiger partial charge in [-0.05, 0) is 41.5 Å². The van der Waals surface area contributed by atoms with Crippen molar-refractivity contribution in [3.63, 3.8) is 0 Å². The molecule has 0 spiro atoms. The number of hydrogen-bond donors (Lipinski definition) is 0. The summed E-state index contributed by atoms with van der Waals surface area (Å²) < 4.78 is 0. The zero-order valence-electron chi connectivity index (χ0n) is 15.3. The normalized spacial score (nSPS) is 10.9. The summed E-state index contributed by atoms with van der Waals surface area (Å²) in [7, 11) is 0. The van der Waals surface area contributed by atoms with Gasteiger partial charge >= 0.3 is 0 Å². The summed E-state index contributed by atoms with van der Waals surface area (Å²) in [6.45, 7) is 3.35. The van der Waals surface area contributed by atoms with Crippen LogP contribution in [0.15, 0.2) is 72.8 Å². The van der Waals surface area contributed by atoms with E-state index in [2.05, 4.69) is 84.6 Å². The van der Waals surface area contributed by atoms with E-state index in [9.17, 15) is 0 Å². The Hall–Kier alpha value is -2.28. The lowest BCUT2D eigenvalue weighted by Gasteiger charge is -2.25. The first-order valence-electron chi connectivity index (χ1n) is 9.70. The molecule has 0 aliphatic carbocycles. The molecule has 0 unspecified atom stereocenters. The van der Waals surface area contributed by atoms with E-state index >= 15 is 0 Å². The predicted octanol–water partition coefficient (Wildman–Crippen LogP) is 7.34. The summed E-state index contributed by atoms with van der Waals surface area (Å²) >= 11 is 0. The highest BCUT2D eigenvalue weighted by Gasteiger charge is 2.09. The van der Waals surface area contributed by atoms with Crippen LogP contribution in [0.2, 0.25) is 0 Å². The molecule has 1 nitrogen and oxygen atoms in total. The van der Waals surface area contributed by atoms with Gasteiger partial charge in [-0.3, -0.25) is 0 Å². The Bertz CT molecular complexity index is 763. The average molecular weight is 332 g/mol. The Balaban J connectivity index is 1.75. The highest BCUT2D eigenvalue weighted by molar-refractivity contribution is 5.86. The SMILES string of the molecule is CCCCCCCCN(c1ccccc1)c1ccc2ccccc2c1. The van der Waals surface area contributed by atoms with Crippen LogP contribution in [0.1, 0.15) is 45.4 Å².